The Morgan fingerprint density at radius 1 is 0.571 bits per heavy atom. The van der Waals surface area contributed by atoms with Crippen molar-refractivity contribution in [2.24, 2.45) is 11.5 Å². The standard InChI is InChI=1S/C36H65N5O8/c1-27(2)34(46)28(37)19-15-18-26-40-35(47)29(38)20-16-17-25-39-31(42)24-23-30(36(48)49)41-32(43)21-13-11-9-7-5-3-4-6-8-10-12-14-22-33(44)45/h28-30H,1,3-26,37-38H2,2H3,(H,39,42)(H,40,47)(H,41,43)(H,44,45)(H,48,49)/t28-,29-,30-/m0/s1. The van der Waals surface area contributed by atoms with Gasteiger partial charge in [0.15, 0.2) is 5.78 Å². The molecule has 13 nitrogen and oxygen atoms in total. The Bertz CT molecular complexity index is 1010. The van der Waals surface area contributed by atoms with E-state index < -0.39 is 30.1 Å². The SMILES string of the molecule is C=C(C)C(=O)[C@@H](N)CCCCNC(=O)[C@@H](N)CCCCNC(=O)CC[C@H](NC(=O)CCCCCCCCCCCCCCC(=O)O)C(=O)O. The summed E-state index contributed by atoms with van der Waals surface area (Å²) in [5.74, 6) is -2.93. The number of aliphatic carboxylic acids is 2. The highest BCUT2D eigenvalue weighted by atomic mass is 16.4. The molecule has 13 heteroatoms. The first-order valence-corrected chi connectivity index (χ1v) is 18.3. The summed E-state index contributed by atoms with van der Waals surface area (Å²) in [4.78, 5) is 70.5. The van der Waals surface area contributed by atoms with Crippen molar-refractivity contribution in [1.82, 2.24) is 16.0 Å². The van der Waals surface area contributed by atoms with Gasteiger partial charge in [-0.1, -0.05) is 70.8 Å². The number of ketones is 1. The van der Waals surface area contributed by atoms with Crippen LogP contribution in [-0.2, 0) is 28.8 Å². The average Bonchev–Trinajstić information content (AvgIpc) is 3.05. The van der Waals surface area contributed by atoms with Gasteiger partial charge in [-0.3, -0.25) is 24.0 Å². The van der Waals surface area contributed by atoms with Crippen LogP contribution < -0.4 is 27.4 Å². The Labute approximate surface area is 293 Å². The zero-order chi connectivity index (χ0) is 36.9. The molecule has 0 radical (unpaired) electrons. The van der Waals surface area contributed by atoms with Crippen molar-refractivity contribution in [3.8, 4) is 0 Å². The minimum atomic E-state index is -1.17. The van der Waals surface area contributed by atoms with Crippen LogP contribution >= 0.6 is 0 Å². The highest BCUT2D eigenvalue weighted by Crippen LogP contribution is 2.13. The van der Waals surface area contributed by atoms with Gasteiger partial charge in [0, 0.05) is 32.4 Å². The van der Waals surface area contributed by atoms with Gasteiger partial charge >= 0.3 is 11.9 Å². The Hall–Kier alpha value is -3.32. The van der Waals surface area contributed by atoms with Gasteiger partial charge in [-0.25, -0.2) is 4.79 Å². The number of nitrogens with one attached hydrogen (secondary N) is 3. The molecule has 0 saturated heterocycles. The number of carboxylic acids is 2. The predicted octanol–water partition coefficient (Wildman–Crippen LogP) is 4.25. The van der Waals surface area contributed by atoms with Crippen LogP contribution in [0.3, 0.4) is 0 Å². The number of nitrogens with two attached hydrogens (primary N) is 2. The second kappa shape index (κ2) is 29.6. The fourth-order valence-corrected chi connectivity index (χ4v) is 5.34. The minimum absolute atomic E-state index is 0.00354. The third-order valence-corrected chi connectivity index (χ3v) is 8.44. The molecule has 0 aromatic rings. The number of hydrogen-bond donors (Lipinski definition) is 7. The van der Waals surface area contributed by atoms with Crippen LogP contribution in [0.5, 0.6) is 0 Å². The van der Waals surface area contributed by atoms with Crippen molar-refractivity contribution in [2.75, 3.05) is 13.1 Å². The Kier molecular flexibility index (Phi) is 27.6. The third-order valence-electron chi connectivity index (χ3n) is 8.44. The zero-order valence-corrected chi connectivity index (χ0v) is 29.9. The maximum Gasteiger partial charge on any atom is 0.326 e. The number of carbonyl (C=O) groups is 6. The Morgan fingerprint density at radius 3 is 1.53 bits per heavy atom. The summed E-state index contributed by atoms with van der Waals surface area (Å²) in [7, 11) is 0. The largest absolute Gasteiger partial charge is 0.481 e. The molecule has 0 aliphatic rings. The van der Waals surface area contributed by atoms with Crippen molar-refractivity contribution >= 4 is 35.4 Å². The monoisotopic (exact) mass is 695 g/mol. The van der Waals surface area contributed by atoms with E-state index in [0.29, 0.717) is 63.6 Å². The second-order valence-electron chi connectivity index (χ2n) is 13.1. The van der Waals surface area contributed by atoms with E-state index in [4.69, 9.17) is 16.6 Å². The van der Waals surface area contributed by atoms with Crippen molar-refractivity contribution in [1.29, 1.82) is 0 Å². The van der Waals surface area contributed by atoms with Gasteiger partial charge in [0.25, 0.3) is 0 Å². The molecule has 282 valence electrons. The maximum atomic E-state index is 12.3. The van der Waals surface area contributed by atoms with Gasteiger partial charge in [-0.2, -0.15) is 0 Å². The Balaban J connectivity index is 3.88. The molecule has 0 aliphatic carbocycles. The van der Waals surface area contributed by atoms with Crippen LogP contribution in [0.4, 0.5) is 0 Å². The van der Waals surface area contributed by atoms with Gasteiger partial charge in [0.05, 0.1) is 12.1 Å². The molecule has 0 heterocycles. The number of unbranched alkanes of at least 4 members (excludes halogenated alkanes) is 13. The zero-order valence-electron chi connectivity index (χ0n) is 29.9. The second-order valence-corrected chi connectivity index (χ2v) is 13.1. The third kappa shape index (κ3) is 27.2. The lowest BCUT2D eigenvalue weighted by atomic mass is 10.0. The molecule has 0 aromatic heterocycles. The lowest BCUT2D eigenvalue weighted by Gasteiger charge is -2.15. The van der Waals surface area contributed by atoms with Crippen LogP contribution in [0.15, 0.2) is 12.2 Å². The van der Waals surface area contributed by atoms with E-state index in [-0.39, 0.29) is 49.2 Å². The first-order chi connectivity index (χ1) is 23.3. The van der Waals surface area contributed by atoms with Gasteiger partial charge < -0.3 is 37.6 Å². The quantitative estimate of drug-likeness (QED) is 0.0381. The summed E-state index contributed by atoms with van der Waals surface area (Å²) in [6, 6.07) is -2.36. The summed E-state index contributed by atoms with van der Waals surface area (Å²) >= 11 is 0. The molecule has 3 atom stereocenters. The minimum Gasteiger partial charge on any atom is -0.481 e. The molecule has 0 fully saturated rings. The fraction of sp³-hybridized carbons (Fsp3) is 0.778. The van der Waals surface area contributed by atoms with Crippen LogP contribution in [0, 0.1) is 0 Å². The first kappa shape index (κ1) is 45.7. The predicted molar refractivity (Wildman–Crippen MR) is 191 cm³/mol. The number of carbonyl (C=O) groups excluding carboxylic acids is 4. The Morgan fingerprint density at radius 2 is 1.04 bits per heavy atom. The van der Waals surface area contributed by atoms with E-state index in [1.165, 1.54) is 19.3 Å². The van der Waals surface area contributed by atoms with Crippen LogP contribution in [-0.4, -0.2) is 76.9 Å². The molecule has 0 unspecified atom stereocenters. The number of Topliss-reactive ketones (excluding diaryl/α,β-unsaturated/α-hetero) is 1. The average molecular weight is 696 g/mol. The van der Waals surface area contributed by atoms with Crippen LogP contribution in [0.25, 0.3) is 0 Å². The molecule has 0 rings (SSSR count). The van der Waals surface area contributed by atoms with E-state index >= 15 is 0 Å². The molecule has 3 amide bonds. The molecule has 0 aromatic carbocycles. The summed E-state index contributed by atoms with van der Waals surface area (Å²) in [6.45, 7) is 6.05. The lowest BCUT2D eigenvalue weighted by molar-refractivity contribution is -0.142. The van der Waals surface area contributed by atoms with Crippen molar-refractivity contribution in [3.63, 3.8) is 0 Å². The van der Waals surface area contributed by atoms with Gasteiger partial charge in [0.2, 0.25) is 17.7 Å². The fourth-order valence-electron chi connectivity index (χ4n) is 5.34. The van der Waals surface area contributed by atoms with Crippen molar-refractivity contribution in [3.05, 3.63) is 12.2 Å². The highest BCUT2D eigenvalue weighted by molar-refractivity contribution is 5.98. The number of amides is 3. The molecule has 0 spiro atoms. The molecule has 0 bridgehead atoms. The maximum absolute atomic E-state index is 12.3. The lowest BCUT2D eigenvalue weighted by Crippen LogP contribution is -2.41. The van der Waals surface area contributed by atoms with Crippen molar-refractivity contribution < 1.29 is 39.0 Å². The van der Waals surface area contributed by atoms with E-state index in [1.54, 1.807) is 6.92 Å². The van der Waals surface area contributed by atoms with E-state index in [2.05, 4.69) is 22.5 Å². The number of carboxylic acid groups (broad SMARTS) is 2. The molecule has 0 aliphatic heterocycles. The van der Waals surface area contributed by atoms with E-state index in [1.807, 2.05) is 0 Å². The molecule has 49 heavy (non-hydrogen) atoms. The molecular weight excluding hydrogens is 630 g/mol. The van der Waals surface area contributed by atoms with E-state index in [9.17, 15) is 33.9 Å². The van der Waals surface area contributed by atoms with Gasteiger partial charge in [-0.15, -0.1) is 0 Å². The molecular formula is C36H65N5O8. The van der Waals surface area contributed by atoms with Gasteiger partial charge in [0.1, 0.15) is 6.04 Å². The van der Waals surface area contributed by atoms with Crippen LogP contribution in [0.2, 0.25) is 0 Å². The number of hydrogen-bond acceptors (Lipinski definition) is 8. The molecule has 9 N–H and O–H groups in total. The summed E-state index contributed by atoms with van der Waals surface area (Å²) in [5, 5.41) is 26.2. The summed E-state index contributed by atoms with van der Waals surface area (Å²) in [5.41, 5.74) is 12.2. The molecule has 0 saturated carbocycles. The van der Waals surface area contributed by atoms with Crippen LogP contribution in [0.1, 0.15) is 148 Å². The van der Waals surface area contributed by atoms with Crippen molar-refractivity contribution in [2.45, 2.75) is 166 Å². The highest BCUT2D eigenvalue weighted by Gasteiger charge is 2.21. The smallest absolute Gasteiger partial charge is 0.326 e. The summed E-state index contributed by atoms with van der Waals surface area (Å²) < 4.78 is 0. The summed E-state index contributed by atoms with van der Waals surface area (Å²) in [6.07, 6.45) is 16.5. The van der Waals surface area contributed by atoms with E-state index in [0.717, 1.165) is 51.4 Å². The topological polar surface area (TPSA) is 231 Å². The van der Waals surface area contributed by atoms with Gasteiger partial charge in [-0.05, 0) is 70.3 Å². The normalized spacial score (nSPS) is 12.8. The first-order valence-electron chi connectivity index (χ1n) is 18.3. The number of rotatable bonds is 33.